The lowest BCUT2D eigenvalue weighted by molar-refractivity contribution is -0.117. The third kappa shape index (κ3) is 10.9. The number of carbonyl (C=O) groups is 3. The number of ketones is 1. The molecular weight excluding hydrogens is 812 g/mol. The van der Waals surface area contributed by atoms with Gasteiger partial charge in [-0.1, -0.05) is 118 Å². The van der Waals surface area contributed by atoms with Crippen LogP contribution in [0.4, 0.5) is 9.59 Å². The Bertz CT molecular complexity index is 2050. The highest BCUT2D eigenvalue weighted by Crippen LogP contribution is 2.33. The van der Waals surface area contributed by atoms with Crippen LogP contribution in [0.25, 0.3) is 11.3 Å². The number of nitrogens with one attached hydrogen (secondary N) is 1. The molecule has 7 rings (SSSR count). The Morgan fingerprint density at radius 3 is 1.87 bits per heavy atom. The zero-order valence-electron chi connectivity index (χ0n) is 28.9. The van der Waals surface area contributed by atoms with Crippen molar-refractivity contribution in [1.82, 2.24) is 20.0 Å². The summed E-state index contributed by atoms with van der Waals surface area (Å²) in [4.78, 5) is 40.6. The van der Waals surface area contributed by atoms with Crippen molar-refractivity contribution in [3.05, 3.63) is 147 Å². The lowest BCUT2D eigenvalue weighted by atomic mass is 10.1. The lowest BCUT2D eigenvalue weighted by Crippen LogP contribution is -2.40. The zero-order chi connectivity index (χ0) is 37.0. The van der Waals surface area contributed by atoms with Crippen molar-refractivity contribution in [2.24, 2.45) is 0 Å². The number of rotatable bonds is 7. The van der Waals surface area contributed by atoms with Gasteiger partial charge in [0.2, 0.25) is 5.78 Å². The second kappa shape index (κ2) is 19.8. The molecule has 4 aromatic carbocycles. The molecule has 3 heterocycles. The first-order valence-electron chi connectivity index (χ1n) is 17.4. The van der Waals surface area contributed by atoms with Crippen LogP contribution in [0.5, 0.6) is 0 Å². The van der Waals surface area contributed by atoms with Gasteiger partial charge in [-0.3, -0.25) is 19.7 Å². The molecular formula is C43H42Br2N4O5. The molecule has 278 valence electrons. The van der Waals surface area contributed by atoms with Crippen LogP contribution < -0.4 is 0 Å². The van der Waals surface area contributed by atoms with Gasteiger partial charge < -0.3 is 9.47 Å². The molecule has 0 radical (unpaired) electrons. The SMILES string of the molecule is C.O=C(C#Cc1ccc(Br)cc1)[C@@H]1CCCN1C(=O)OCc1ccccc1.O=C(OCc1ccccc1)N1CCC[C@H]1c1cc(-c2ccc(Br)cc2)n[nH]1. The molecule has 2 saturated heterocycles. The van der Waals surface area contributed by atoms with E-state index in [1.54, 1.807) is 4.90 Å². The third-order valence-corrected chi connectivity index (χ3v) is 10.0. The van der Waals surface area contributed by atoms with Crippen molar-refractivity contribution in [2.45, 2.75) is 58.4 Å². The van der Waals surface area contributed by atoms with E-state index in [9.17, 15) is 14.4 Å². The van der Waals surface area contributed by atoms with Gasteiger partial charge in [0.25, 0.3) is 0 Å². The molecule has 0 aliphatic carbocycles. The number of carbonyl (C=O) groups excluding carboxylic acids is 3. The Labute approximate surface area is 333 Å². The highest BCUT2D eigenvalue weighted by molar-refractivity contribution is 9.10. The maximum Gasteiger partial charge on any atom is 0.410 e. The van der Waals surface area contributed by atoms with Crippen LogP contribution in [0, 0.1) is 11.8 Å². The van der Waals surface area contributed by atoms with Gasteiger partial charge in [-0.2, -0.15) is 5.10 Å². The summed E-state index contributed by atoms with van der Waals surface area (Å²) in [6, 6.07) is 36.1. The average molecular weight is 855 g/mol. The highest BCUT2D eigenvalue weighted by atomic mass is 79.9. The largest absolute Gasteiger partial charge is 0.445 e. The monoisotopic (exact) mass is 852 g/mol. The lowest BCUT2D eigenvalue weighted by Gasteiger charge is -2.23. The van der Waals surface area contributed by atoms with Crippen LogP contribution in [0.3, 0.4) is 0 Å². The summed E-state index contributed by atoms with van der Waals surface area (Å²) in [5, 5.41) is 7.54. The number of aromatic nitrogens is 2. The first-order valence-corrected chi connectivity index (χ1v) is 19.0. The molecule has 0 bridgehead atoms. The number of Topliss-reactive ketones (excluding diaryl/α,β-unsaturated/α-hetero) is 1. The Morgan fingerprint density at radius 2 is 1.26 bits per heavy atom. The number of hydrogen-bond donors (Lipinski definition) is 1. The van der Waals surface area contributed by atoms with Crippen molar-refractivity contribution in [3.63, 3.8) is 0 Å². The molecule has 2 amide bonds. The standard InChI is InChI=1S/C21H20BrN3O2.C21H18BrNO3.CH4/c22-17-10-8-16(9-11-17)18-13-19(24-23-18)20-7-4-12-25(20)21(26)27-14-15-5-2-1-3-6-15;22-18-11-8-16(9-12-18)10-13-20(24)19-7-4-14-23(19)21(25)26-15-17-5-2-1-3-6-17;/h1-3,5-6,8-11,13,20H,4,7,12,14H2,(H,23,24);1-3,5-6,8-9,11-12,19H,4,7,14-15H2;1H4/t20-;19-;/m00./s1. The van der Waals surface area contributed by atoms with Crippen LogP contribution >= 0.6 is 31.9 Å². The van der Waals surface area contributed by atoms with Gasteiger partial charge in [0.1, 0.15) is 19.3 Å². The summed E-state index contributed by atoms with van der Waals surface area (Å²) in [6.07, 6.45) is 2.52. The van der Waals surface area contributed by atoms with Gasteiger partial charge in [0.15, 0.2) is 0 Å². The van der Waals surface area contributed by atoms with E-state index in [-0.39, 0.29) is 38.6 Å². The second-order valence-corrected chi connectivity index (χ2v) is 14.5. The number of amides is 2. The normalized spacial score (nSPS) is 15.9. The van der Waals surface area contributed by atoms with Crippen molar-refractivity contribution in [1.29, 1.82) is 0 Å². The highest BCUT2D eigenvalue weighted by Gasteiger charge is 2.35. The maximum absolute atomic E-state index is 12.6. The molecule has 2 fully saturated rings. The quantitative estimate of drug-likeness (QED) is 0.164. The molecule has 2 aliphatic heterocycles. The summed E-state index contributed by atoms with van der Waals surface area (Å²) in [6.45, 7) is 1.70. The number of benzene rings is 4. The van der Waals surface area contributed by atoms with E-state index in [1.165, 1.54) is 4.90 Å². The molecule has 2 atom stereocenters. The van der Waals surface area contributed by atoms with Crippen molar-refractivity contribution < 1.29 is 23.9 Å². The molecule has 54 heavy (non-hydrogen) atoms. The van der Waals surface area contributed by atoms with Gasteiger partial charge >= 0.3 is 12.2 Å². The molecule has 0 unspecified atom stereocenters. The minimum Gasteiger partial charge on any atom is -0.445 e. The van der Waals surface area contributed by atoms with E-state index in [0.717, 1.165) is 61.8 Å². The van der Waals surface area contributed by atoms with Gasteiger partial charge in [-0.05, 0) is 85.2 Å². The number of H-pyrrole nitrogens is 1. The Balaban J connectivity index is 0.000000204. The molecule has 11 heteroatoms. The van der Waals surface area contributed by atoms with Crippen molar-refractivity contribution in [2.75, 3.05) is 13.1 Å². The first-order chi connectivity index (χ1) is 25.8. The fourth-order valence-corrected chi connectivity index (χ4v) is 6.73. The number of hydrogen-bond acceptors (Lipinski definition) is 6. The number of halogens is 2. The Morgan fingerprint density at radius 1 is 0.722 bits per heavy atom. The van der Waals surface area contributed by atoms with Gasteiger partial charge in [-0.25, -0.2) is 9.59 Å². The predicted molar refractivity (Wildman–Crippen MR) is 216 cm³/mol. The second-order valence-electron chi connectivity index (χ2n) is 12.6. The van der Waals surface area contributed by atoms with E-state index in [1.807, 2.05) is 115 Å². The minimum absolute atomic E-state index is 0. The van der Waals surface area contributed by atoms with Crippen LogP contribution in [0.1, 0.15) is 61.5 Å². The predicted octanol–water partition coefficient (Wildman–Crippen LogP) is 10.1. The molecule has 1 N–H and O–H groups in total. The van der Waals surface area contributed by atoms with Crippen molar-refractivity contribution >= 4 is 49.8 Å². The number of nitrogens with zero attached hydrogens (tertiary/aromatic N) is 3. The Kier molecular flexibility index (Phi) is 14.6. The summed E-state index contributed by atoms with van der Waals surface area (Å²) >= 11 is 6.81. The number of aromatic amines is 1. The fraction of sp³-hybridized carbons (Fsp3) is 0.256. The summed E-state index contributed by atoms with van der Waals surface area (Å²) in [5.74, 6) is 5.28. The maximum atomic E-state index is 12.6. The van der Waals surface area contributed by atoms with Crippen LogP contribution in [0.15, 0.2) is 124 Å². The first kappa shape index (κ1) is 40.0. The van der Waals surface area contributed by atoms with Crippen LogP contribution in [-0.4, -0.2) is 57.1 Å². The summed E-state index contributed by atoms with van der Waals surface area (Å²) in [7, 11) is 0. The smallest absolute Gasteiger partial charge is 0.410 e. The Hall–Kier alpha value is -5.18. The topological polar surface area (TPSA) is 105 Å². The van der Waals surface area contributed by atoms with E-state index in [4.69, 9.17) is 9.47 Å². The molecule has 0 saturated carbocycles. The van der Waals surface area contributed by atoms with Crippen LogP contribution in [-0.2, 0) is 27.5 Å². The molecule has 1 aromatic heterocycles. The molecule has 0 spiro atoms. The summed E-state index contributed by atoms with van der Waals surface area (Å²) < 4.78 is 12.9. The molecule has 5 aromatic rings. The summed E-state index contributed by atoms with van der Waals surface area (Å²) in [5.41, 5.74) is 5.53. The fourth-order valence-electron chi connectivity index (χ4n) is 6.20. The van der Waals surface area contributed by atoms with E-state index >= 15 is 0 Å². The van der Waals surface area contributed by atoms with E-state index < -0.39 is 12.1 Å². The van der Waals surface area contributed by atoms with Gasteiger partial charge in [0, 0.05) is 33.2 Å². The minimum atomic E-state index is -0.527. The van der Waals surface area contributed by atoms with Crippen molar-refractivity contribution in [3.8, 4) is 23.1 Å². The molecule has 9 nitrogen and oxygen atoms in total. The zero-order valence-corrected chi connectivity index (χ0v) is 32.1. The van der Waals surface area contributed by atoms with Gasteiger partial charge in [0.05, 0.1) is 17.4 Å². The average Bonchev–Trinajstić information content (AvgIpc) is 3.99. The van der Waals surface area contributed by atoms with Crippen LogP contribution in [0.2, 0.25) is 0 Å². The van der Waals surface area contributed by atoms with E-state index in [2.05, 4.69) is 53.9 Å². The van der Waals surface area contributed by atoms with Gasteiger partial charge in [-0.15, -0.1) is 0 Å². The third-order valence-electron chi connectivity index (χ3n) is 8.96. The number of likely N-dealkylation sites (tertiary alicyclic amines) is 2. The van der Waals surface area contributed by atoms with E-state index in [0.29, 0.717) is 19.5 Å². The molecule has 2 aliphatic rings. The number of ether oxygens (including phenoxy) is 2.